The van der Waals surface area contributed by atoms with Gasteiger partial charge in [-0.1, -0.05) is 30.5 Å². The molecule has 1 aliphatic carbocycles. The van der Waals surface area contributed by atoms with Crippen LogP contribution in [-0.2, 0) is 6.54 Å². The third-order valence-corrected chi connectivity index (χ3v) is 5.56. The average molecular weight is 341 g/mol. The van der Waals surface area contributed by atoms with E-state index in [1.165, 1.54) is 12.5 Å². The van der Waals surface area contributed by atoms with Crippen LogP contribution in [0.25, 0.3) is 0 Å². The molecule has 1 aromatic rings. The highest BCUT2D eigenvalue weighted by Crippen LogP contribution is 2.26. The molecule has 1 saturated carbocycles. The summed E-state index contributed by atoms with van der Waals surface area (Å²) in [4.78, 5) is 2.47. The van der Waals surface area contributed by atoms with Gasteiger partial charge in [0.15, 0.2) is 0 Å². The van der Waals surface area contributed by atoms with Crippen molar-refractivity contribution in [2.24, 2.45) is 0 Å². The van der Waals surface area contributed by atoms with E-state index in [4.69, 9.17) is 11.6 Å². The summed E-state index contributed by atoms with van der Waals surface area (Å²) >= 11 is 5.82. The van der Waals surface area contributed by atoms with Crippen LogP contribution in [0.1, 0.15) is 44.1 Å². The van der Waals surface area contributed by atoms with Crippen molar-refractivity contribution < 1.29 is 9.50 Å². The van der Waals surface area contributed by atoms with Gasteiger partial charge in [0.25, 0.3) is 0 Å². The van der Waals surface area contributed by atoms with Crippen LogP contribution in [0.2, 0.25) is 5.02 Å². The largest absolute Gasteiger partial charge is 0.391 e. The van der Waals surface area contributed by atoms with E-state index in [-0.39, 0.29) is 16.9 Å². The highest BCUT2D eigenvalue weighted by Gasteiger charge is 2.31. The van der Waals surface area contributed by atoms with Crippen molar-refractivity contribution in [2.75, 3.05) is 13.1 Å². The number of piperidine rings is 1. The fraction of sp³-hybridized carbons (Fsp3) is 0.667. The molecule has 3 nitrogen and oxygen atoms in total. The summed E-state index contributed by atoms with van der Waals surface area (Å²) in [5.74, 6) is -0.366. The maximum absolute atomic E-state index is 13.2. The quantitative estimate of drug-likeness (QED) is 0.882. The summed E-state index contributed by atoms with van der Waals surface area (Å²) in [6.07, 6.45) is 6.54. The lowest BCUT2D eigenvalue weighted by Crippen LogP contribution is -2.51. The van der Waals surface area contributed by atoms with Gasteiger partial charge in [0.05, 0.1) is 11.1 Å². The number of nitrogens with zero attached hydrogens (tertiary/aromatic N) is 1. The van der Waals surface area contributed by atoms with Crippen LogP contribution >= 0.6 is 11.6 Å². The number of hydrogen-bond donors (Lipinski definition) is 2. The zero-order valence-corrected chi connectivity index (χ0v) is 14.2. The van der Waals surface area contributed by atoms with Gasteiger partial charge in [0, 0.05) is 31.7 Å². The lowest BCUT2D eigenvalue weighted by molar-refractivity contribution is 0.00714. The van der Waals surface area contributed by atoms with E-state index in [1.807, 2.05) is 0 Å². The number of aliphatic hydroxyl groups is 1. The molecular weight excluding hydrogens is 315 g/mol. The first kappa shape index (κ1) is 17.2. The van der Waals surface area contributed by atoms with Crippen molar-refractivity contribution in [1.82, 2.24) is 10.2 Å². The third-order valence-electron chi connectivity index (χ3n) is 5.27. The topological polar surface area (TPSA) is 35.5 Å². The first-order valence-corrected chi connectivity index (χ1v) is 9.10. The van der Waals surface area contributed by atoms with E-state index in [2.05, 4.69) is 10.2 Å². The molecule has 2 fully saturated rings. The van der Waals surface area contributed by atoms with Gasteiger partial charge < -0.3 is 10.4 Å². The Morgan fingerprint density at radius 3 is 2.61 bits per heavy atom. The second-order valence-corrected chi connectivity index (χ2v) is 7.27. The molecule has 128 valence electrons. The minimum absolute atomic E-state index is 0.144. The molecular formula is C18H26ClFN2O. The zero-order valence-electron chi connectivity index (χ0n) is 13.5. The Bertz CT molecular complexity index is 520. The summed E-state index contributed by atoms with van der Waals surface area (Å²) in [6.45, 7) is 2.81. The van der Waals surface area contributed by atoms with Crippen molar-refractivity contribution in [1.29, 1.82) is 0 Å². The van der Waals surface area contributed by atoms with Crippen LogP contribution in [0.5, 0.6) is 0 Å². The van der Waals surface area contributed by atoms with Crippen molar-refractivity contribution >= 4 is 11.6 Å². The molecule has 2 atom stereocenters. The fourth-order valence-corrected chi connectivity index (χ4v) is 4.07. The third kappa shape index (κ3) is 4.44. The highest BCUT2D eigenvalue weighted by molar-refractivity contribution is 6.30. The number of rotatable bonds is 4. The first-order valence-electron chi connectivity index (χ1n) is 8.73. The number of aliphatic hydroxyl groups excluding tert-OH is 1. The number of benzene rings is 1. The molecule has 1 saturated heterocycles. The van der Waals surface area contributed by atoms with Crippen LogP contribution in [0.15, 0.2) is 18.2 Å². The van der Waals surface area contributed by atoms with Crippen LogP contribution in [0.4, 0.5) is 4.39 Å². The van der Waals surface area contributed by atoms with Gasteiger partial charge >= 0.3 is 0 Å². The molecule has 1 heterocycles. The Labute approximate surface area is 142 Å². The molecule has 0 bridgehead atoms. The van der Waals surface area contributed by atoms with Crippen molar-refractivity contribution in [3.63, 3.8) is 0 Å². The molecule has 3 rings (SSSR count). The lowest BCUT2D eigenvalue weighted by Gasteiger charge is -2.41. The molecule has 1 aliphatic heterocycles. The van der Waals surface area contributed by atoms with Gasteiger partial charge in [-0.25, -0.2) is 4.39 Å². The maximum Gasteiger partial charge on any atom is 0.141 e. The van der Waals surface area contributed by atoms with E-state index < -0.39 is 0 Å². The van der Waals surface area contributed by atoms with E-state index >= 15 is 0 Å². The number of likely N-dealkylation sites (tertiary alicyclic amines) is 1. The SMILES string of the molecule is OC1CCCCC1N1CCC(NCc2ccc(F)c(Cl)c2)CC1. The number of halogens is 2. The molecule has 2 unspecified atom stereocenters. The zero-order chi connectivity index (χ0) is 16.2. The van der Waals surface area contributed by atoms with Gasteiger partial charge in [0.1, 0.15) is 5.82 Å². The Morgan fingerprint density at radius 2 is 1.91 bits per heavy atom. The number of nitrogens with one attached hydrogen (secondary N) is 1. The normalized spacial score (nSPS) is 27.3. The molecule has 2 N–H and O–H groups in total. The Kier molecular flexibility index (Phi) is 5.91. The van der Waals surface area contributed by atoms with Gasteiger partial charge in [-0.15, -0.1) is 0 Å². The van der Waals surface area contributed by atoms with Gasteiger partial charge in [0.2, 0.25) is 0 Å². The first-order chi connectivity index (χ1) is 11.1. The summed E-state index contributed by atoms with van der Waals surface area (Å²) in [5, 5.41) is 13.9. The average Bonchev–Trinajstić information content (AvgIpc) is 2.57. The lowest BCUT2D eigenvalue weighted by atomic mass is 9.89. The maximum atomic E-state index is 13.2. The molecule has 0 radical (unpaired) electrons. The summed E-state index contributed by atoms with van der Waals surface area (Å²) in [6, 6.07) is 5.74. The molecule has 23 heavy (non-hydrogen) atoms. The fourth-order valence-electron chi connectivity index (χ4n) is 3.86. The second-order valence-electron chi connectivity index (χ2n) is 6.86. The summed E-state index contributed by atoms with van der Waals surface area (Å²) < 4.78 is 13.2. The van der Waals surface area contributed by atoms with E-state index in [9.17, 15) is 9.50 Å². The van der Waals surface area contributed by atoms with Crippen molar-refractivity contribution in [3.05, 3.63) is 34.6 Å². The Hall–Kier alpha value is -0.680. The molecule has 5 heteroatoms. The van der Waals surface area contributed by atoms with E-state index in [0.717, 1.165) is 57.3 Å². The van der Waals surface area contributed by atoms with Crippen LogP contribution in [-0.4, -0.2) is 41.3 Å². The summed E-state index contributed by atoms with van der Waals surface area (Å²) in [5.41, 5.74) is 1.02. The predicted molar refractivity (Wildman–Crippen MR) is 91.1 cm³/mol. The summed E-state index contributed by atoms with van der Waals surface area (Å²) in [7, 11) is 0. The van der Waals surface area contributed by atoms with Crippen molar-refractivity contribution in [3.8, 4) is 0 Å². The van der Waals surface area contributed by atoms with Gasteiger partial charge in [-0.2, -0.15) is 0 Å². The number of hydrogen-bond acceptors (Lipinski definition) is 3. The Morgan fingerprint density at radius 1 is 1.17 bits per heavy atom. The van der Waals surface area contributed by atoms with Crippen LogP contribution < -0.4 is 5.32 Å². The molecule has 0 amide bonds. The molecule has 0 spiro atoms. The smallest absolute Gasteiger partial charge is 0.141 e. The van der Waals surface area contributed by atoms with E-state index in [1.54, 1.807) is 12.1 Å². The standard InChI is InChI=1S/C18H26ClFN2O/c19-15-11-13(5-6-16(15)20)12-21-14-7-9-22(10-8-14)17-3-1-2-4-18(17)23/h5-6,11,14,17-18,21,23H,1-4,7-10,12H2. The second kappa shape index (κ2) is 7.93. The predicted octanol–water partition coefficient (Wildman–Crippen LogP) is 3.34. The minimum Gasteiger partial charge on any atom is -0.391 e. The molecule has 1 aromatic carbocycles. The van der Waals surface area contributed by atoms with Crippen LogP contribution in [0, 0.1) is 5.82 Å². The highest BCUT2D eigenvalue weighted by atomic mass is 35.5. The van der Waals surface area contributed by atoms with Gasteiger partial charge in [-0.05, 0) is 43.4 Å². The monoisotopic (exact) mass is 340 g/mol. The van der Waals surface area contributed by atoms with Gasteiger partial charge in [-0.3, -0.25) is 4.90 Å². The minimum atomic E-state index is -0.366. The molecule has 2 aliphatic rings. The Balaban J connectivity index is 1.44. The van der Waals surface area contributed by atoms with Crippen LogP contribution in [0.3, 0.4) is 0 Å². The van der Waals surface area contributed by atoms with E-state index in [0.29, 0.717) is 12.1 Å². The van der Waals surface area contributed by atoms with Crippen molar-refractivity contribution in [2.45, 2.75) is 63.3 Å². The molecule has 0 aromatic heterocycles.